The van der Waals surface area contributed by atoms with Crippen molar-refractivity contribution in [2.24, 2.45) is 0 Å². The average Bonchev–Trinajstić information content (AvgIpc) is 3.35. The minimum Gasteiger partial charge on any atom is -0.478 e. The van der Waals surface area contributed by atoms with Gasteiger partial charge >= 0.3 is 26.2 Å². The van der Waals surface area contributed by atoms with Crippen LogP contribution in [0.3, 0.4) is 0 Å². The van der Waals surface area contributed by atoms with Gasteiger partial charge in [-0.1, -0.05) is 60.7 Å². The normalized spacial score (nSPS) is 19.3. The van der Waals surface area contributed by atoms with Crippen LogP contribution >= 0.6 is 0 Å². The zero-order valence-electron chi connectivity index (χ0n) is 27.4. The monoisotopic (exact) mass is 610 g/mol. The smallest absolute Gasteiger partial charge is 0.478 e. The van der Waals surface area contributed by atoms with Crippen molar-refractivity contribution in [3.63, 3.8) is 0 Å². The largest absolute Gasteiger partial charge is 0.494 e. The van der Waals surface area contributed by atoms with Gasteiger partial charge in [0.1, 0.15) is 0 Å². The summed E-state index contributed by atoms with van der Waals surface area (Å²) in [5.41, 5.74) is 0.938. The number of carbonyl (C=O) groups is 2. The standard InChI is InChI=1S/C18H21BO4.C17H19BO4/c1-17(2)18(3,4)23-19(22-17)13-10-9-12-7-6-8-14(15(12)11-13)16(20)21-5;1-16(2)17(3,4)22-18(21-16)12-9-8-11-6-5-7-13(15(19)20)14(11)10-12/h6-11H,1-5H3;5-10H,1-4H3,(H,19,20). The summed E-state index contributed by atoms with van der Waals surface area (Å²) in [6, 6.07) is 22.4. The lowest BCUT2D eigenvalue weighted by Gasteiger charge is -2.32. The molecule has 0 saturated carbocycles. The fourth-order valence-corrected chi connectivity index (χ4v) is 5.31. The number of carbonyl (C=O) groups excluding carboxylic acids is 1. The molecule has 4 aromatic carbocycles. The molecule has 2 fully saturated rings. The van der Waals surface area contributed by atoms with Crippen molar-refractivity contribution >= 4 is 58.6 Å². The Balaban J connectivity index is 0.000000178. The van der Waals surface area contributed by atoms with Gasteiger partial charge in [0.15, 0.2) is 0 Å². The molecule has 0 unspecified atom stereocenters. The maximum absolute atomic E-state index is 12.0. The van der Waals surface area contributed by atoms with Crippen molar-refractivity contribution in [2.45, 2.75) is 77.8 Å². The Morgan fingerprint density at radius 1 is 0.600 bits per heavy atom. The Morgan fingerprint density at radius 2 is 0.978 bits per heavy atom. The maximum Gasteiger partial charge on any atom is 0.494 e. The van der Waals surface area contributed by atoms with Crippen LogP contribution in [0.15, 0.2) is 72.8 Å². The third kappa shape index (κ3) is 6.12. The lowest BCUT2D eigenvalue weighted by Crippen LogP contribution is -2.41. The third-order valence-corrected chi connectivity index (χ3v) is 9.50. The van der Waals surface area contributed by atoms with E-state index >= 15 is 0 Å². The van der Waals surface area contributed by atoms with Crippen LogP contribution in [0.25, 0.3) is 21.5 Å². The molecular weight excluding hydrogens is 570 g/mol. The van der Waals surface area contributed by atoms with Crippen LogP contribution < -0.4 is 10.9 Å². The van der Waals surface area contributed by atoms with Crippen LogP contribution in [-0.4, -0.2) is 60.8 Å². The highest BCUT2D eigenvalue weighted by Crippen LogP contribution is 2.38. The number of methoxy groups -OCH3 is 1. The van der Waals surface area contributed by atoms with E-state index in [9.17, 15) is 14.7 Å². The predicted octanol–water partition coefficient (Wildman–Crippen LogP) is 5.76. The number of aromatic carboxylic acids is 1. The second-order valence-corrected chi connectivity index (χ2v) is 13.5. The van der Waals surface area contributed by atoms with Gasteiger partial charge in [-0.2, -0.15) is 0 Å². The molecule has 0 spiro atoms. The number of esters is 1. The number of carboxylic acids is 1. The van der Waals surface area contributed by atoms with Gasteiger partial charge in [-0.25, -0.2) is 9.59 Å². The number of rotatable bonds is 4. The molecule has 4 aromatic rings. The number of ether oxygens (including phenoxy) is 1. The summed E-state index contributed by atoms with van der Waals surface area (Å²) in [4.78, 5) is 23.4. The quantitative estimate of drug-likeness (QED) is 0.230. The van der Waals surface area contributed by atoms with Crippen molar-refractivity contribution in [1.29, 1.82) is 0 Å². The topological polar surface area (TPSA) is 101 Å². The summed E-state index contributed by atoms with van der Waals surface area (Å²) >= 11 is 0. The van der Waals surface area contributed by atoms with E-state index in [1.165, 1.54) is 7.11 Å². The average molecular weight is 610 g/mol. The fraction of sp³-hybridized carbons (Fsp3) is 0.371. The molecule has 0 bridgehead atoms. The summed E-state index contributed by atoms with van der Waals surface area (Å²) in [7, 11) is 0.450. The van der Waals surface area contributed by atoms with Gasteiger partial charge in [-0.3, -0.25) is 0 Å². The van der Waals surface area contributed by atoms with E-state index in [1.54, 1.807) is 18.2 Å². The van der Waals surface area contributed by atoms with Crippen LogP contribution in [0.1, 0.15) is 76.1 Å². The van der Waals surface area contributed by atoms with Crippen LogP contribution in [0.2, 0.25) is 0 Å². The van der Waals surface area contributed by atoms with Crippen molar-refractivity contribution in [1.82, 2.24) is 0 Å². The zero-order valence-corrected chi connectivity index (χ0v) is 27.4. The first-order valence-corrected chi connectivity index (χ1v) is 15.0. The molecule has 45 heavy (non-hydrogen) atoms. The Kier molecular flexibility index (Phi) is 8.42. The van der Waals surface area contributed by atoms with E-state index in [4.69, 9.17) is 23.4 Å². The molecule has 0 aliphatic carbocycles. The highest BCUT2D eigenvalue weighted by Gasteiger charge is 2.52. The van der Waals surface area contributed by atoms with Gasteiger partial charge in [0.05, 0.1) is 40.6 Å². The molecule has 6 rings (SSSR count). The summed E-state index contributed by atoms with van der Waals surface area (Å²) in [6.07, 6.45) is 0. The van der Waals surface area contributed by atoms with Crippen molar-refractivity contribution in [2.75, 3.05) is 7.11 Å². The first-order valence-electron chi connectivity index (χ1n) is 15.0. The highest BCUT2D eigenvalue weighted by atomic mass is 16.7. The molecule has 1 N–H and O–H groups in total. The second kappa shape index (κ2) is 11.6. The predicted molar refractivity (Wildman–Crippen MR) is 178 cm³/mol. The number of hydrogen-bond acceptors (Lipinski definition) is 7. The molecule has 0 atom stereocenters. The van der Waals surface area contributed by atoms with Crippen LogP contribution in [0.4, 0.5) is 0 Å². The Bertz CT molecular complexity index is 1750. The van der Waals surface area contributed by atoms with Crippen LogP contribution in [0.5, 0.6) is 0 Å². The lowest BCUT2D eigenvalue weighted by molar-refractivity contribution is 0.00578. The number of benzene rings is 4. The van der Waals surface area contributed by atoms with Gasteiger partial charge < -0.3 is 28.5 Å². The van der Waals surface area contributed by atoms with Gasteiger partial charge in [0, 0.05) is 0 Å². The molecule has 2 saturated heterocycles. The molecule has 0 aromatic heterocycles. The zero-order chi connectivity index (χ0) is 32.9. The van der Waals surface area contributed by atoms with Crippen molar-refractivity contribution < 1.29 is 38.0 Å². The molecule has 2 heterocycles. The third-order valence-electron chi connectivity index (χ3n) is 9.50. The summed E-state index contributed by atoms with van der Waals surface area (Å²) in [5, 5.41) is 12.7. The Labute approximate surface area is 265 Å². The van der Waals surface area contributed by atoms with Crippen LogP contribution in [0, 0.1) is 0 Å². The number of fused-ring (bicyclic) bond motifs is 2. The van der Waals surface area contributed by atoms with Gasteiger partial charge in [-0.05, 0) is 100.0 Å². The van der Waals surface area contributed by atoms with Gasteiger partial charge in [-0.15, -0.1) is 0 Å². The second-order valence-electron chi connectivity index (χ2n) is 13.5. The van der Waals surface area contributed by atoms with E-state index < -0.39 is 42.6 Å². The molecule has 2 aliphatic heterocycles. The summed E-state index contributed by atoms with van der Waals surface area (Å²) < 4.78 is 29.1. The molecular formula is C35H40B2O8. The van der Waals surface area contributed by atoms with Crippen LogP contribution in [-0.2, 0) is 23.4 Å². The van der Waals surface area contributed by atoms with Crippen molar-refractivity contribution in [3.05, 3.63) is 83.9 Å². The van der Waals surface area contributed by atoms with E-state index in [2.05, 4.69) is 0 Å². The van der Waals surface area contributed by atoms with E-state index in [0.29, 0.717) is 10.9 Å². The molecule has 234 valence electrons. The Morgan fingerprint density at radius 3 is 1.36 bits per heavy atom. The number of carboxylic acid groups (broad SMARTS) is 1. The van der Waals surface area contributed by atoms with Crippen molar-refractivity contribution in [3.8, 4) is 0 Å². The van der Waals surface area contributed by atoms with E-state index in [0.717, 1.165) is 27.1 Å². The van der Waals surface area contributed by atoms with Gasteiger partial charge in [0.2, 0.25) is 0 Å². The molecule has 10 heteroatoms. The maximum atomic E-state index is 12.0. The number of hydrogen-bond donors (Lipinski definition) is 1. The molecule has 0 radical (unpaired) electrons. The molecule has 8 nitrogen and oxygen atoms in total. The minimum atomic E-state index is -0.934. The summed E-state index contributed by atoms with van der Waals surface area (Å²) in [6.45, 7) is 16.1. The van der Waals surface area contributed by atoms with E-state index in [-0.39, 0.29) is 11.5 Å². The highest BCUT2D eigenvalue weighted by molar-refractivity contribution is 6.63. The first-order chi connectivity index (χ1) is 21.0. The molecule has 0 amide bonds. The van der Waals surface area contributed by atoms with E-state index in [1.807, 2.05) is 110 Å². The first kappa shape index (κ1) is 32.7. The Hall–Kier alpha value is -3.69. The molecule has 2 aliphatic rings. The lowest BCUT2D eigenvalue weighted by atomic mass is 9.78. The minimum absolute atomic E-state index is 0.288. The van der Waals surface area contributed by atoms with Gasteiger partial charge in [0.25, 0.3) is 0 Å². The SMILES string of the molecule is CC1(C)OB(c2ccc3cccc(C(=O)O)c3c2)OC1(C)C.COC(=O)c1cccc2ccc(B3OC(C)(C)C(C)(C)O3)cc12. The summed E-state index contributed by atoms with van der Waals surface area (Å²) in [5.74, 6) is -1.28. The fourth-order valence-electron chi connectivity index (χ4n) is 5.31.